The lowest BCUT2D eigenvalue weighted by molar-refractivity contribution is -0.126. The van der Waals surface area contributed by atoms with Crippen molar-refractivity contribution in [1.29, 1.82) is 0 Å². The minimum absolute atomic E-state index is 0.219. The third kappa shape index (κ3) is 3.38. The van der Waals surface area contributed by atoms with E-state index in [2.05, 4.69) is 5.32 Å². The Balaban J connectivity index is 2.05. The number of rotatable bonds is 4. The molecule has 1 amide bonds. The number of carbonyl (C=O) groups excluding carboxylic acids is 1. The molecule has 104 valence electrons. The summed E-state index contributed by atoms with van der Waals surface area (Å²) >= 11 is 5.91. The first-order chi connectivity index (χ1) is 9.50. The molecule has 3 nitrogen and oxygen atoms in total. The monoisotopic (exact) mass is 288 g/mol. The fourth-order valence-electron chi connectivity index (χ4n) is 1.93. The summed E-state index contributed by atoms with van der Waals surface area (Å²) in [5.41, 5.74) is 6.80. The highest BCUT2D eigenvalue weighted by molar-refractivity contribution is 6.30. The first-order valence-electron chi connectivity index (χ1n) is 6.37. The average Bonchev–Trinajstić information content (AvgIpc) is 2.45. The van der Waals surface area contributed by atoms with Crippen LogP contribution < -0.4 is 11.1 Å². The Morgan fingerprint density at radius 2 is 1.90 bits per heavy atom. The molecule has 1 atom stereocenters. The Morgan fingerprint density at radius 1 is 1.20 bits per heavy atom. The van der Waals surface area contributed by atoms with Crippen LogP contribution in [0.2, 0.25) is 5.02 Å². The molecule has 2 aromatic carbocycles. The maximum atomic E-state index is 12.3. The molecule has 3 N–H and O–H groups in total. The van der Waals surface area contributed by atoms with Gasteiger partial charge in [0.25, 0.3) is 0 Å². The number of benzene rings is 2. The zero-order valence-corrected chi connectivity index (χ0v) is 12.0. The maximum Gasteiger partial charge on any atom is 0.244 e. The van der Waals surface area contributed by atoms with Crippen molar-refractivity contribution < 1.29 is 4.79 Å². The quantitative estimate of drug-likeness (QED) is 0.909. The van der Waals surface area contributed by atoms with Gasteiger partial charge in [0.15, 0.2) is 0 Å². The van der Waals surface area contributed by atoms with Gasteiger partial charge in [-0.2, -0.15) is 0 Å². The molecule has 1 unspecified atom stereocenters. The molecule has 0 aliphatic rings. The Morgan fingerprint density at radius 3 is 2.55 bits per heavy atom. The molecule has 0 aromatic heterocycles. The molecule has 0 heterocycles. The fraction of sp³-hybridized carbons (Fsp3) is 0.188. The smallest absolute Gasteiger partial charge is 0.244 e. The summed E-state index contributed by atoms with van der Waals surface area (Å²) in [6.45, 7) is 2.11. The molecule has 0 saturated carbocycles. The van der Waals surface area contributed by atoms with Gasteiger partial charge in [0.05, 0.1) is 0 Å². The number of nitrogens with one attached hydrogen (secondary N) is 1. The molecule has 0 fully saturated rings. The van der Waals surface area contributed by atoms with E-state index in [0.717, 1.165) is 11.1 Å². The van der Waals surface area contributed by atoms with Gasteiger partial charge in [-0.3, -0.25) is 4.79 Å². The van der Waals surface area contributed by atoms with Gasteiger partial charge in [0.1, 0.15) is 5.54 Å². The summed E-state index contributed by atoms with van der Waals surface area (Å²) in [6.07, 6.45) is 0. The van der Waals surface area contributed by atoms with E-state index < -0.39 is 5.54 Å². The molecule has 2 rings (SSSR count). The third-order valence-electron chi connectivity index (χ3n) is 3.19. The number of carbonyl (C=O) groups is 1. The lowest BCUT2D eigenvalue weighted by atomic mass is 9.92. The molecule has 0 bridgehead atoms. The third-order valence-corrected chi connectivity index (χ3v) is 3.42. The summed E-state index contributed by atoms with van der Waals surface area (Å²) in [5, 5.41) is 3.49. The van der Waals surface area contributed by atoms with Crippen LogP contribution in [0.4, 0.5) is 0 Å². The lowest BCUT2D eigenvalue weighted by Gasteiger charge is -2.24. The van der Waals surface area contributed by atoms with Crippen LogP contribution in [0.5, 0.6) is 0 Å². The van der Waals surface area contributed by atoms with E-state index in [1.165, 1.54) is 0 Å². The summed E-state index contributed by atoms with van der Waals surface area (Å²) < 4.78 is 0. The standard InChI is InChI=1S/C16H17ClN2O/c1-16(18,13-7-3-2-4-8-13)15(20)19-11-12-6-5-9-14(17)10-12/h2-10H,11,18H2,1H3,(H,19,20). The molecule has 4 heteroatoms. The topological polar surface area (TPSA) is 55.1 Å². The summed E-state index contributed by atoms with van der Waals surface area (Å²) in [5.74, 6) is -0.219. The Bertz CT molecular complexity index is 596. The number of nitrogens with two attached hydrogens (primary N) is 1. The zero-order valence-electron chi connectivity index (χ0n) is 11.3. The van der Waals surface area contributed by atoms with Crippen molar-refractivity contribution >= 4 is 17.5 Å². The number of hydrogen-bond acceptors (Lipinski definition) is 2. The molecule has 20 heavy (non-hydrogen) atoms. The predicted octanol–water partition coefficient (Wildman–Crippen LogP) is 2.83. The largest absolute Gasteiger partial charge is 0.350 e. The highest BCUT2D eigenvalue weighted by Gasteiger charge is 2.29. The lowest BCUT2D eigenvalue weighted by Crippen LogP contribution is -2.48. The van der Waals surface area contributed by atoms with E-state index >= 15 is 0 Å². The number of halogens is 1. The van der Waals surface area contributed by atoms with Gasteiger partial charge < -0.3 is 11.1 Å². The normalized spacial score (nSPS) is 13.6. The van der Waals surface area contributed by atoms with Crippen LogP contribution in [0.15, 0.2) is 54.6 Å². The first-order valence-corrected chi connectivity index (χ1v) is 6.75. The second kappa shape index (κ2) is 6.07. The van der Waals surface area contributed by atoms with Gasteiger partial charge in [0.2, 0.25) is 5.91 Å². The number of amides is 1. The van der Waals surface area contributed by atoms with Crippen molar-refractivity contribution in [1.82, 2.24) is 5.32 Å². The minimum Gasteiger partial charge on any atom is -0.350 e. The zero-order chi connectivity index (χ0) is 14.6. The van der Waals surface area contributed by atoms with Crippen molar-refractivity contribution in [3.8, 4) is 0 Å². The second-order valence-corrected chi connectivity index (χ2v) is 5.32. The van der Waals surface area contributed by atoms with Crippen molar-refractivity contribution in [3.05, 3.63) is 70.7 Å². The summed E-state index contributed by atoms with van der Waals surface area (Å²) in [7, 11) is 0. The molecule has 0 aliphatic carbocycles. The Hall–Kier alpha value is -1.84. The van der Waals surface area contributed by atoms with Crippen LogP contribution >= 0.6 is 11.6 Å². The van der Waals surface area contributed by atoms with Gasteiger partial charge in [-0.1, -0.05) is 54.1 Å². The SMILES string of the molecule is CC(N)(C(=O)NCc1cccc(Cl)c1)c1ccccc1. The van der Waals surface area contributed by atoms with Crippen LogP contribution in [0.3, 0.4) is 0 Å². The van der Waals surface area contributed by atoms with Gasteiger partial charge in [-0.05, 0) is 30.2 Å². The van der Waals surface area contributed by atoms with E-state index in [1.54, 1.807) is 13.0 Å². The van der Waals surface area contributed by atoms with Gasteiger partial charge in [-0.25, -0.2) is 0 Å². The van der Waals surface area contributed by atoms with E-state index in [-0.39, 0.29) is 5.91 Å². The number of hydrogen-bond donors (Lipinski definition) is 2. The van der Waals surface area contributed by atoms with E-state index in [4.69, 9.17) is 17.3 Å². The fourth-order valence-corrected chi connectivity index (χ4v) is 2.14. The van der Waals surface area contributed by atoms with E-state index in [9.17, 15) is 4.79 Å². The Labute approximate surface area is 123 Å². The van der Waals surface area contributed by atoms with Crippen molar-refractivity contribution in [2.45, 2.75) is 19.0 Å². The van der Waals surface area contributed by atoms with Gasteiger partial charge in [0, 0.05) is 11.6 Å². The van der Waals surface area contributed by atoms with E-state index in [1.807, 2.05) is 48.5 Å². The summed E-state index contributed by atoms with van der Waals surface area (Å²) in [4.78, 5) is 12.3. The minimum atomic E-state index is -1.06. The van der Waals surface area contributed by atoms with Crippen LogP contribution in [-0.4, -0.2) is 5.91 Å². The van der Waals surface area contributed by atoms with Crippen LogP contribution in [0, 0.1) is 0 Å². The molecule has 0 aliphatic heterocycles. The van der Waals surface area contributed by atoms with E-state index in [0.29, 0.717) is 11.6 Å². The predicted molar refractivity (Wildman–Crippen MR) is 81.3 cm³/mol. The average molecular weight is 289 g/mol. The maximum absolute atomic E-state index is 12.3. The second-order valence-electron chi connectivity index (χ2n) is 4.88. The van der Waals surface area contributed by atoms with Crippen molar-refractivity contribution in [3.63, 3.8) is 0 Å². The van der Waals surface area contributed by atoms with Crippen LogP contribution in [0.25, 0.3) is 0 Å². The molecular weight excluding hydrogens is 272 g/mol. The van der Waals surface area contributed by atoms with Crippen molar-refractivity contribution in [2.75, 3.05) is 0 Å². The molecule has 0 spiro atoms. The Kier molecular flexibility index (Phi) is 4.42. The molecule has 2 aromatic rings. The highest BCUT2D eigenvalue weighted by atomic mass is 35.5. The van der Waals surface area contributed by atoms with Crippen LogP contribution in [0.1, 0.15) is 18.1 Å². The van der Waals surface area contributed by atoms with Gasteiger partial charge >= 0.3 is 0 Å². The molecular formula is C16H17ClN2O. The van der Waals surface area contributed by atoms with Crippen LogP contribution in [-0.2, 0) is 16.9 Å². The highest BCUT2D eigenvalue weighted by Crippen LogP contribution is 2.18. The molecule has 0 saturated heterocycles. The van der Waals surface area contributed by atoms with Gasteiger partial charge in [-0.15, -0.1) is 0 Å². The summed E-state index contributed by atoms with van der Waals surface area (Å²) in [6, 6.07) is 16.7. The molecule has 0 radical (unpaired) electrons. The first kappa shape index (κ1) is 14.6. The van der Waals surface area contributed by atoms with Crippen molar-refractivity contribution in [2.24, 2.45) is 5.73 Å².